The Balaban J connectivity index is 1.81. The zero-order chi connectivity index (χ0) is 12.7. The van der Waals surface area contributed by atoms with E-state index in [1.165, 1.54) is 0 Å². The summed E-state index contributed by atoms with van der Waals surface area (Å²) in [5.41, 5.74) is 1.60. The van der Waals surface area contributed by atoms with Crippen LogP contribution in [0.25, 0.3) is 0 Å². The lowest BCUT2D eigenvalue weighted by Gasteiger charge is -2.11. The van der Waals surface area contributed by atoms with Gasteiger partial charge < -0.3 is 9.40 Å². The van der Waals surface area contributed by atoms with Gasteiger partial charge in [0.25, 0.3) is 5.56 Å². The van der Waals surface area contributed by atoms with Crippen LogP contribution in [0, 0.1) is 13.8 Å². The summed E-state index contributed by atoms with van der Waals surface area (Å²) in [4.78, 5) is 25.1. The molecule has 1 aliphatic rings. The third-order valence-electron chi connectivity index (χ3n) is 3.02. The lowest BCUT2D eigenvalue weighted by atomic mass is 10.3. The maximum atomic E-state index is 11.8. The number of nitrogens with one attached hydrogen (secondary N) is 1. The first kappa shape index (κ1) is 11.2. The van der Waals surface area contributed by atoms with Crippen molar-refractivity contribution in [3.8, 4) is 0 Å². The summed E-state index contributed by atoms with van der Waals surface area (Å²) in [7, 11) is 0. The van der Waals surface area contributed by atoms with Crippen molar-refractivity contribution in [1.29, 1.82) is 0 Å². The van der Waals surface area contributed by atoms with E-state index < -0.39 is 0 Å². The molecule has 3 rings (SSSR count). The number of hydrogen-bond donors (Lipinski definition) is 1. The maximum absolute atomic E-state index is 11.8. The molecule has 1 aliphatic heterocycles. The molecule has 0 atom stereocenters. The van der Waals surface area contributed by atoms with E-state index in [4.69, 9.17) is 4.42 Å². The van der Waals surface area contributed by atoms with Crippen molar-refractivity contribution in [2.75, 3.05) is 0 Å². The largest absolute Gasteiger partial charge is 0.445 e. The Morgan fingerprint density at radius 1 is 1.44 bits per heavy atom. The smallest absolute Gasteiger partial charge is 0.255 e. The van der Waals surface area contributed by atoms with E-state index >= 15 is 0 Å². The van der Waals surface area contributed by atoms with E-state index in [0.29, 0.717) is 31.3 Å². The predicted octanol–water partition coefficient (Wildman–Crippen LogP) is 0.891. The topological polar surface area (TPSA) is 75.0 Å². The molecule has 0 aromatic carbocycles. The van der Waals surface area contributed by atoms with Gasteiger partial charge in [0, 0.05) is 20.0 Å². The molecule has 0 saturated carbocycles. The van der Waals surface area contributed by atoms with Crippen molar-refractivity contribution in [3.05, 3.63) is 45.3 Å². The molecule has 1 N–H and O–H groups in total. The van der Waals surface area contributed by atoms with Crippen LogP contribution in [0.2, 0.25) is 0 Å². The molecule has 0 radical (unpaired) electrons. The molecule has 0 aliphatic carbocycles. The second-order valence-corrected chi connectivity index (χ2v) is 4.57. The fraction of sp³-hybridized carbons (Fsp3) is 0.417. The zero-order valence-electron chi connectivity index (χ0n) is 10.4. The molecule has 0 unspecified atom stereocenters. The van der Waals surface area contributed by atoms with E-state index in [9.17, 15) is 4.79 Å². The van der Waals surface area contributed by atoms with Gasteiger partial charge in [0.1, 0.15) is 11.6 Å². The number of fused-ring (bicyclic) bond motifs is 1. The number of hydrogen-bond acceptors (Lipinski definition) is 5. The zero-order valence-corrected chi connectivity index (χ0v) is 10.4. The van der Waals surface area contributed by atoms with Gasteiger partial charge in [-0.3, -0.25) is 9.69 Å². The molecule has 0 spiro atoms. The van der Waals surface area contributed by atoms with E-state index in [0.717, 1.165) is 17.0 Å². The highest BCUT2D eigenvalue weighted by Gasteiger charge is 2.24. The van der Waals surface area contributed by atoms with Crippen LogP contribution in [-0.2, 0) is 19.6 Å². The van der Waals surface area contributed by atoms with Gasteiger partial charge >= 0.3 is 0 Å². The number of aryl methyl sites for hydroxylation is 2. The van der Waals surface area contributed by atoms with Crippen molar-refractivity contribution >= 4 is 0 Å². The highest BCUT2D eigenvalue weighted by Crippen LogP contribution is 2.20. The van der Waals surface area contributed by atoms with Gasteiger partial charge in [-0.25, -0.2) is 9.97 Å². The Morgan fingerprint density at radius 2 is 2.28 bits per heavy atom. The minimum atomic E-state index is -0.0336. The average molecular weight is 246 g/mol. The summed E-state index contributed by atoms with van der Waals surface area (Å²) in [6, 6.07) is 0. The SMILES string of the molecule is Cc1nc2c(c(=O)[nH]1)CN(Cc1cnc(C)o1)C2. The first-order valence-corrected chi connectivity index (χ1v) is 5.84. The Kier molecular flexibility index (Phi) is 2.52. The molecular formula is C12H14N4O2. The van der Waals surface area contributed by atoms with Gasteiger partial charge in [0.2, 0.25) is 0 Å². The highest BCUT2D eigenvalue weighted by molar-refractivity contribution is 5.22. The first-order chi connectivity index (χ1) is 8.61. The third kappa shape index (κ3) is 1.95. The number of rotatable bonds is 2. The van der Waals surface area contributed by atoms with E-state index in [-0.39, 0.29) is 5.56 Å². The third-order valence-corrected chi connectivity index (χ3v) is 3.02. The van der Waals surface area contributed by atoms with Crippen LogP contribution in [0.3, 0.4) is 0 Å². The minimum Gasteiger partial charge on any atom is -0.445 e. The normalized spacial score (nSPS) is 15.0. The van der Waals surface area contributed by atoms with Crippen LogP contribution < -0.4 is 5.56 Å². The molecule has 94 valence electrons. The number of aromatic amines is 1. The minimum absolute atomic E-state index is 0.0336. The second-order valence-electron chi connectivity index (χ2n) is 4.57. The van der Waals surface area contributed by atoms with Crippen molar-refractivity contribution in [2.24, 2.45) is 0 Å². The van der Waals surface area contributed by atoms with E-state index in [1.54, 1.807) is 13.1 Å². The molecule has 6 nitrogen and oxygen atoms in total. The fourth-order valence-electron chi connectivity index (χ4n) is 2.26. The van der Waals surface area contributed by atoms with Crippen LogP contribution in [0.15, 0.2) is 15.4 Å². The molecule has 0 bridgehead atoms. The molecule has 0 amide bonds. The van der Waals surface area contributed by atoms with Crippen LogP contribution in [0.5, 0.6) is 0 Å². The first-order valence-electron chi connectivity index (χ1n) is 5.84. The van der Waals surface area contributed by atoms with Gasteiger partial charge in [-0.15, -0.1) is 0 Å². The van der Waals surface area contributed by atoms with Crippen LogP contribution in [0.4, 0.5) is 0 Å². The van der Waals surface area contributed by atoms with Crippen molar-refractivity contribution in [3.63, 3.8) is 0 Å². The lowest BCUT2D eigenvalue weighted by Crippen LogP contribution is -2.18. The molecule has 2 aromatic heterocycles. The van der Waals surface area contributed by atoms with Gasteiger partial charge in [-0.1, -0.05) is 0 Å². The molecule has 0 fully saturated rings. The molecular weight excluding hydrogens is 232 g/mol. The summed E-state index contributed by atoms with van der Waals surface area (Å²) >= 11 is 0. The quantitative estimate of drug-likeness (QED) is 0.851. The Bertz CT molecular complexity index is 644. The summed E-state index contributed by atoms with van der Waals surface area (Å²) in [5, 5.41) is 0. The lowest BCUT2D eigenvalue weighted by molar-refractivity contribution is 0.247. The Morgan fingerprint density at radius 3 is 3.00 bits per heavy atom. The standard InChI is InChI=1S/C12H14N4O2/c1-7-14-11-6-16(5-10(11)12(17)15-7)4-9-3-13-8(2)18-9/h3H,4-6H2,1-2H3,(H,14,15,17). The number of H-pyrrole nitrogens is 1. The van der Waals surface area contributed by atoms with Crippen molar-refractivity contribution < 1.29 is 4.42 Å². The molecule has 0 saturated heterocycles. The number of aromatic nitrogens is 3. The number of oxazole rings is 1. The van der Waals surface area contributed by atoms with Crippen molar-refractivity contribution in [1.82, 2.24) is 19.9 Å². The van der Waals surface area contributed by atoms with Gasteiger partial charge in [0.15, 0.2) is 5.89 Å². The summed E-state index contributed by atoms with van der Waals surface area (Å²) in [6.07, 6.45) is 1.72. The summed E-state index contributed by atoms with van der Waals surface area (Å²) < 4.78 is 5.44. The monoisotopic (exact) mass is 246 g/mol. The van der Waals surface area contributed by atoms with Crippen LogP contribution in [-0.4, -0.2) is 19.9 Å². The number of nitrogens with zero attached hydrogens (tertiary/aromatic N) is 3. The van der Waals surface area contributed by atoms with Gasteiger partial charge in [0.05, 0.1) is 24.0 Å². The van der Waals surface area contributed by atoms with Crippen LogP contribution >= 0.6 is 0 Å². The van der Waals surface area contributed by atoms with E-state index in [2.05, 4.69) is 19.9 Å². The van der Waals surface area contributed by atoms with Gasteiger partial charge in [-0.2, -0.15) is 0 Å². The summed E-state index contributed by atoms with van der Waals surface area (Å²) in [6.45, 7) is 5.55. The molecule has 18 heavy (non-hydrogen) atoms. The Labute approximate surface area is 104 Å². The molecule has 2 aromatic rings. The second kappa shape index (κ2) is 4.06. The van der Waals surface area contributed by atoms with Crippen molar-refractivity contribution in [2.45, 2.75) is 33.5 Å². The fourth-order valence-corrected chi connectivity index (χ4v) is 2.26. The van der Waals surface area contributed by atoms with Gasteiger partial charge in [-0.05, 0) is 6.92 Å². The highest BCUT2D eigenvalue weighted by atomic mass is 16.4. The average Bonchev–Trinajstić information content (AvgIpc) is 2.85. The predicted molar refractivity (Wildman–Crippen MR) is 63.8 cm³/mol. The van der Waals surface area contributed by atoms with E-state index in [1.807, 2.05) is 6.92 Å². The molecule has 3 heterocycles. The van der Waals surface area contributed by atoms with Crippen LogP contribution in [0.1, 0.15) is 28.7 Å². The summed E-state index contributed by atoms with van der Waals surface area (Å²) in [5.74, 6) is 2.14. The maximum Gasteiger partial charge on any atom is 0.255 e. The molecule has 6 heteroatoms. The Hall–Kier alpha value is -1.95.